The fourth-order valence-electron chi connectivity index (χ4n) is 5.65. The van der Waals surface area contributed by atoms with E-state index in [0.29, 0.717) is 11.5 Å². The maximum Gasteiger partial charge on any atom is 0.247 e. The first-order valence-corrected chi connectivity index (χ1v) is 13.1. The van der Waals surface area contributed by atoms with Gasteiger partial charge in [0, 0.05) is 24.4 Å². The molecule has 2 atom stereocenters. The number of nitrogens with zero attached hydrogens (tertiary/aromatic N) is 4. The first-order valence-electron chi connectivity index (χ1n) is 11.7. The van der Waals surface area contributed by atoms with Crippen LogP contribution in [-0.2, 0) is 16.4 Å². The van der Waals surface area contributed by atoms with Crippen molar-refractivity contribution in [1.29, 1.82) is 5.26 Å². The second-order valence-corrected chi connectivity index (χ2v) is 11.3. The highest BCUT2D eigenvalue weighted by Crippen LogP contribution is 2.47. The van der Waals surface area contributed by atoms with Crippen molar-refractivity contribution >= 4 is 10.0 Å². The molecule has 0 saturated carbocycles. The molecule has 5 rings (SSSR count). The lowest BCUT2D eigenvalue weighted by Crippen LogP contribution is -2.36. The number of hydrogen-bond acceptors (Lipinski definition) is 5. The number of fused-ring (bicyclic) bond motifs is 1. The Morgan fingerprint density at radius 3 is 2.69 bits per heavy atom. The summed E-state index contributed by atoms with van der Waals surface area (Å²) in [5.74, 6) is 0.680. The summed E-state index contributed by atoms with van der Waals surface area (Å²) in [5.41, 5.74) is 5.58. The molecule has 0 unspecified atom stereocenters. The van der Waals surface area contributed by atoms with E-state index in [0.717, 1.165) is 36.2 Å². The van der Waals surface area contributed by atoms with E-state index in [-0.39, 0.29) is 35.6 Å². The zero-order valence-corrected chi connectivity index (χ0v) is 20.8. The summed E-state index contributed by atoms with van der Waals surface area (Å²) in [7, 11) is -3.86. The Balaban J connectivity index is 1.44. The molecule has 0 spiro atoms. The van der Waals surface area contributed by atoms with E-state index in [1.165, 1.54) is 33.7 Å². The number of hydrogen-bond donors (Lipinski definition) is 0. The summed E-state index contributed by atoms with van der Waals surface area (Å²) < 4.78 is 48.9. The van der Waals surface area contributed by atoms with Crippen LogP contribution in [0.15, 0.2) is 57.0 Å². The molecule has 2 aromatic heterocycles. The van der Waals surface area contributed by atoms with Gasteiger partial charge in [-0.05, 0) is 62.9 Å². The second kappa shape index (κ2) is 8.77. The minimum atomic E-state index is -3.86. The SMILES string of the molecule is Cc1cc(S(=O)(=O)N(CC#N)C[C@@H]2CCC3=C2[C@@H](C)c2cnn(-c4ccc(F)cc4)c2C3)c(C)o1. The Hall–Kier alpha value is -3.22. The quantitative estimate of drug-likeness (QED) is 0.363. The smallest absolute Gasteiger partial charge is 0.247 e. The van der Waals surface area contributed by atoms with Crippen molar-refractivity contribution in [3.8, 4) is 11.8 Å². The summed E-state index contributed by atoms with van der Waals surface area (Å²) >= 11 is 0. The standard InChI is InChI=1S/C26H27FN4O3S/c1-16-12-25(18(3)34-16)35(32,33)30(11-10-28)15-20-5-4-19-13-24-23(17(2)26(19)20)14-29-31(24)22-8-6-21(27)7-9-22/h6-9,12,14,17,20H,4-5,11,13,15H2,1-3H3/t17-,20-/m0/s1. The summed E-state index contributed by atoms with van der Waals surface area (Å²) in [6.45, 7) is 5.51. The zero-order valence-electron chi connectivity index (χ0n) is 20.0. The summed E-state index contributed by atoms with van der Waals surface area (Å²) in [5, 5.41) is 14.0. The summed E-state index contributed by atoms with van der Waals surface area (Å²) in [6, 6.07) is 9.85. The van der Waals surface area contributed by atoms with Gasteiger partial charge in [-0.1, -0.05) is 18.1 Å². The molecule has 3 aromatic rings. The normalized spacial score (nSPS) is 19.7. The third kappa shape index (κ3) is 4.01. The van der Waals surface area contributed by atoms with E-state index in [9.17, 15) is 18.1 Å². The lowest BCUT2D eigenvalue weighted by Gasteiger charge is -2.29. The second-order valence-electron chi connectivity index (χ2n) is 9.36. The molecule has 7 nitrogen and oxygen atoms in total. The van der Waals surface area contributed by atoms with E-state index >= 15 is 0 Å². The number of rotatable bonds is 6. The zero-order chi connectivity index (χ0) is 24.9. The van der Waals surface area contributed by atoms with Gasteiger partial charge in [-0.2, -0.15) is 14.7 Å². The molecule has 0 aliphatic heterocycles. The minimum Gasteiger partial charge on any atom is -0.465 e. The molecular weight excluding hydrogens is 467 g/mol. The summed E-state index contributed by atoms with van der Waals surface area (Å²) in [4.78, 5) is 0.122. The number of furan rings is 1. The summed E-state index contributed by atoms with van der Waals surface area (Å²) in [6.07, 6.45) is 4.31. The first kappa shape index (κ1) is 23.5. The van der Waals surface area contributed by atoms with E-state index in [1.54, 1.807) is 26.0 Å². The van der Waals surface area contributed by atoms with Crippen LogP contribution in [0.5, 0.6) is 0 Å². The Morgan fingerprint density at radius 2 is 2.03 bits per heavy atom. The van der Waals surface area contributed by atoms with Crippen LogP contribution < -0.4 is 0 Å². The largest absolute Gasteiger partial charge is 0.465 e. The van der Waals surface area contributed by atoms with Gasteiger partial charge >= 0.3 is 0 Å². The molecule has 0 saturated heterocycles. The maximum atomic E-state index is 13.4. The third-order valence-corrected chi connectivity index (χ3v) is 9.13. The highest BCUT2D eigenvalue weighted by atomic mass is 32.2. The Bertz CT molecular complexity index is 1460. The van der Waals surface area contributed by atoms with Crippen molar-refractivity contribution in [1.82, 2.24) is 14.1 Å². The third-order valence-electron chi connectivity index (χ3n) is 7.21. The molecule has 2 aliphatic carbocycles. The lowest BCUT2D eigenvalue weighted by atomic mass is 9.80. The van der Waals surface area contributed by atoms with Gasteiger partial charge in [0.25, 0.3) is 0 Å². The van der Waals surface area contributed by atoms with Crippen LogP contribution in [-0.4, -0.2) is 35.6 Å². The van der Waals surface area contributed by atoms with Crippen LogP contribution >= 0.6 is 0 Å². The van der Waals surface area contributed by atoms with Crippen LogP contribution in [0.25, 0.3) is 5.69 Å². The fourth-order valence-corrected chi connectivity index (χ4v) is 7.25. The molecule has 0 bridgehead atoms. The predicted molar refractivity (Wildman–Crippen MR) is 128 cm³/mol. The number of aromatic nitrogens is 2. The molecule has 0 fully saturated rings. The van der Waals surface area contributed by atoms with Crippen LogP contribution in [0.1, 0.15) is 48.5 Å². The van der Waals surface area contributed by atoms with Crippen molar-refractivity contribution in [2.75, 3.05) is 13.1 Å². The molecule has 1 aromatic carbocycles. The molecule has 0 N–H and O–H groups in total. The van der Waals surface area contributed by atoms with E-state index < -0.39 is 10.0 Å². The highest BCUT2D eigenvalue weighted by Gasteiger charge is 2.39. The molecule has 2 heterocycles. The monoisotopic (exact) mass is 494 g/mol. The van der Waals surface area contributed by atoms with Gasteiger partial charge in [0.2, 0.25) is 10.0 Å². The number of aryl methyl sites for hydroxylation is 2. The Morgan fingerprint density at radius 1 is 1.29 bits per heavy atom. The Kier molecular flexibility index (Phi) is 5.90. The van der Waals surface area contributed by atoms with Crippen molar-refractivity contribution in [3.05, 3.63) is 76.3 Å². The minimum absolute atomic E-state index is 0.0266. The van der Waals surface area contributed by atoms with Gasteiger partial charge in [-0.15, -0.1) is 0 Å². The molecule has 35 heavy (non-hydrogen) atoms. The highest BCUT2D eigenvalue weighted by molar-refractivity contribution is 7.89. The molecule has 182 valence electrons. The van der Waals surface area contributed by atoms with Gasteiger partial charge in [0.15, 0.2) is 0 Å². The number of halogens is 1. The van der Waals surface area contributed by atoms with Crippen LogP contribution in [0.2, 0.25) is 0 Å². The first-order chi connectivity index (χ1) is 16.7. The van der Waals surface area contributed by atoms with Gasteiger partial charge in [0.05, 0.1) is 23.6 Å². The number of benzene rings is 1. The van der Waals surface area contributed by atoms with Gasteiger partial charge in [-0.3, -0.25) is 0 Å². The Labute approximate surface area is 204 Å². The van der Waals surface area contributed by atoms with E-state index in [1.807, 2.05) is 16.9 Å². The van der Waals surface area contributed by atoms with Gasteiger partial charge < -0.3 is 4.42 Å². The number of allylic oxidation sites excluding steroid dienone is 1. The van der Waals surface area contributed by atoms with Crippen molar-refractivity contribution in [2.45, 2.75) is 50.8 Å². The maximum absolute atomic E-state index is 13.4. The number of sulfonamides is 1. The molecular formula is C26H27FN4O3S. The lowest BCUT2D eigenvalue weighted by molar-refractivity contribution is 0.382. The fraction of sp³-hybridized carbons (Fsp3) is 0.385. The van der Waals surface area contributed by atoms with Crippen LogP contribution in [0.3, 0.4) is 0 Å². The average molecular weight is 495 g/mol. The average Bonchev–Trinajstić information content (AvgIpc) is 3.51. The molecule has 9 heteroatoms. The molecule has 0 amide bonds. The van der Waals surface area contributed by atoms with Crippen molar-refractivity contribution in [3.63, 3.8) is 0 Å². The van der Waals surface area contributed by atoms with Crippen LogP contribution in [0, 0.1) is 36.9 Å². The van der Waals surface area contributed by atoms with Gasteiger partial charge in [-0.25, -0.2) is 17.5 Å². The van der Waals surface area contributed by atoms with Crippen molar-refractivity contribution in [2.24, 2.45) is 5.92 Å². The van der Waals surface area contributed by atoms with Crippen molar-refractivity contribution < 1.29 is 17.2 Å². The van der Waals surface area contributed by atoms with Gasteiger partial charge in [0.1, 0.15) is 28.8 Å². The molecule has 0 radical (unpaired) electrons. The van der Waals surface area contributed by atoms with E-state index in [2.05, 4.69) is 12.0 Å². The topological polar surface area (TPSA) is 92.1 Å². The molecule has 2 aliphatic rings. The van der Waals surface area contributed by atoms with Crippen LogP contribution in [0.4, 0.5) is 4.39 Å². The van der Waals surface area contributed by atoms with E-state index in [4.69, 9.17) is 4.42 Å². The number of nitriles is 1. The predicted octanol–water partition coefficient (Wildman–Crippen LogP) is 4.80.